The van der Waals surface area contributed by atoms with E-state index < -0.39 is 0 Å². The number of aromatic nitrogens is 5. The Labute approximate surface area is 185 Å². The van der Waals surface area contributed by atoms with E-state index in [-0.39, 0.29) is 0 Å². The summed E-state index contributed by atoms with van der Waals surface area (Å²) in [5.41, 5.74) is 4.78. The summed E-state index contributed by atoms with van der Waals surface area (Å²) in [4.78, 5) is 17.7. The van der Waals surface area contributed by atoms with Crippen molar-refractivity contribution >= 4 is 21.9 Å². The Bertz CT molecular complexity index is 1380. The first kappa shape index (κ1) is 19.9. The Balaban J connectivity index is 1.34. The Morgan fingerprint density at radius 2 is 1.78 bits per heavy atom. The largest absolute Gasteiger partial charge is 0.493 e. The molecule has 0 saturated heterocycles. The summed E-state index contributed by atoms with van der Waals surface area (Å²) in [6.07, 6.45) is 6.74. The highest BCUT2D eigenvalue weighted by Gasteiger charge is 2.13. The lowest BCUT2D eigenvalue weighted by atomic mass is 10.1. The molecule has 32 heavy (non-hydrogen) atoms. The molecule has 0 saturated carbocycles. The van der Waals surface area contributed by atoms with Crippen molar-refractivity contribution in [3.8, 4) is 22.8 Å². The number of pyridine rings is 1. The van der Waals surface area contributed by atoms with Gasteiger partial charge in [0, 0.05) is 42.9 Å². The van der Waals surface area contributed by atoms with Crippen molar-refractivity contribution in [1.29, 1.82) is 0 Å². The SMILES string of the molecule is COc1cc2c(-c3ccncc3)ncnc2cc1OCCCc1nc2ccccc2n1C. The van der Waals surface area contributed by atoms with Crippen molar-refractivity contribution in [2.45, 2.75) is 12.8 Å². The first-order chi connectivity index (χ1) is 15.7. The van der Waals surface area contributed by atoms with Gasteiger partial charge in [-0.2, -0.15) is 0 Å². The number of para-hydroxylation sites is 2. The first-order valence-corrected chi connectivity index (χ1v) is 10.5. The van der Waals surface area contributed by atoms with Gasteiger partial charge in [-0.05, 0) is 36.8 Å². The van der Waals surface area contributed by atoms with Crippen LogP contribution in [0.2, 0.25) is 0 Å². The Morgan fingerprint density at radius 1 is 0.938 bits per heavy atom. The molecule has 0 fully saturated rings. The number of imidazole rings is 1. The standard InChI is InChI=1S/C25H23N5O2/c1-30-21-7-4-3-6-19(21)29-24(30)8-5-13-32-23-15-20-18(14-22(23)31-2)25(28-16-27-20)17-9-11-26-12-10-17/h3-4,6-7,9-12,14-16H,5,8,13H2,1-2H3. The minimum atomic E-state index is 0.549. The molecule has 0 radical (unpaired) electrons. The Morgan fingerprint density at radius 3 is 2.59 bits per heavy atom. The van der Waals surface area contributed by atoms with Crippen molar-refractivity contribution in [2.24, 2.45) is 7.05 Å². The number of ether oxygens (including phenoxy) is 2. The molecule has 0 aliphatic carbocycles. The maximum absolute atomic E-state index is 6.08. The van der Waals surface area contributed by atoms with Crippen molar-refractivity contribution in [3.05, 3.63) is 73.1 Å². The highest BCUT2D eigenvalue weighted by molar-refractivity contribution is 5.94. The molecule has 7 heteroatoms. The molecule has 0 amide bonds. The predicted octanol–water partition coefficient (Wildman–Crippen LogP) is 4.60. The van der Waals surface area contributed by atoms with Crippen LogP contribution in [-0.2, 0) is 13.5 Å². The van der Waals surface area contributed by atoms with Gasteiger partial charge in [0.25, 0.3) is 0 Å². The van der Waals surface area contributed by atoms with Crippen molar-refractivity contribution in [3.63, 3.8) is 0 Å². The summed E-state index contributed by atoms with van der Waals surface area (Å²) in [5.74, 6) is 2.38. The molecule has 7 nitrogen and oxygen atoms in total. The molecule has 5 rings (SSSR count). The van der Waals surface area contributed by atoms with Crippen LogP contribution in [0.4, 0.5) is 0 Å². The van der Waals surface area contributed by atoms with Gasteiger partial charge in [-0.15, -0.1) is 0 Å². The van der Waals surface area contributed by atoms with Crippen molar-refractivity contribution in [1.82, 2.24) is 24.5 Å². The number of rotatable bonds is 7. The second kappa shape index (κ2) is 8.63. The van der Waals surface area contributed by atoms with E-state index in [0.29, 0.717) is 18.1 Å². The van der Waals surface area contributed by atoms with Gasteiger partial charge < -0.3 is 14.0 Å². The highest BCUT2D eigenvalue weighted by atomic mass is 16.5. The van der Waals surface area contributed by atoms with Crippen LogP contribution < -0.4 is 9.47 Å². The molecule has 3 heterocycles. The average Bonchev–Trinajstić information content (AvgIpc) is 3.17. The van der Waals surface area contributed by atoms with Crippen molar-refractivity contribution < 1.29 is 9.47 Å². The van der Waals surface area contributed by atoms with Crippen LogP contribution in [0.25, 0.3) is 33.2 Å². The van der Waals surface area contributed by atoms with E-state index in [9.17, 15) is 0 Å². The maximum atomic E-state index is 6.08. The number of aryl methyl sites for hydroxylation is 2. The summed E-state index contributed by atoms with van der Waals surface area (Å²) in [6, 6.07) is 15.9. The third kappa shape index (κ3) is 3.73. The minimum Gasteiger partial charge on any atom is -0.493 e. The van der Waals surface area contributed by atoms with Crippen LogP contribution in [0, 0.1) is 0 Å². The summed E-state index contributed by atoms with van der Waals surface area (Å²) in [5, 5.41) is 0.905. The number of benzene rings is 2. The maximum Gasteiger partial charge on any atom is 0.163 e. The summed E-state index contributed by atoms with van der Waals surface area (Å²) >= 11 is 0. The molecule has 0 aliphatic rings. The van der Waals surface area contributed by atoms with Gasteiger partial charge in [0.05, 0.1) is 36.0 Å². The minimum absolute atomic E-state index is 0.549. The van der Waals surface area contributed by atoms with E-state index in [1.807, 2.05) is 42.5 Å². The van der Waals surface area contributed by atoms with E-state index in [2.05, 4.69) is 32.6 Å². The number of hydrogen-bond donors (Lipinski definition) is 0. The van der Waals surface area contributed by atoms with Gasteiger partial charge in [-0.25, -0.2) is 15.0 Å². The second-order valence-electron chi connectivity index (χ2n) is 7.51. The van der Waals surface area contributed by atoms with Crippen LogP contribution in [0.5, 0.6) is 11.5 Å². The van der Waals surface area contributed by atoms with Gasteiger partial charge >= 0.3 is 0 Å². The molecule has 0 N–H and O–H groups in total. The monoisotopic (exact) mass is 425 g/mol. The molecule has 0 atom stereocenters. The summed E-state index contributed by atoms with van der Waals surface area (Å²) in [7, 11) is 3.70. The zero-order valence-corrected chi connectivity index (χ0v) is 18.0. The number of hydrogen-bond acceptors (Lipinski definition) is 6. The zero-order chi connectivity index (χ0) is 21.9. The lowest BCUT2D eigenvalue weighted by molar-refractivity contribution is 0.289. The molecule has 3 aromatic heterocycles. The molecule has 0 aliphatic heterocycles. The van der Waals surface area contributed by atoms with Crippen LogP contribution in [0.15, 0.2) is 67.3 Å². The number of methoxy groups -OCH3 is 1. The van der Waals surface area contributed by atoms with Crippen LogP contribution in [-0.4, -0.2) is 38.2 Å². The molecule has 160 valence electrons. The third-order valence-corrected chi connectivity index (χ3v) is 5.56. The smallest absolute Gasteiger partial charge is 0.163 e. The van der Waals surface area contributed by atoms with E-state index >= 15 is 0 Å². The second-order valence-corrected chi connectivity index (χ2v) is 7.51. The van der Waals surface area contributed by atoms with E-state index in [1.54, 1.807) is 25.8 Å². The normalized spacial score (nSPS) is 11.2. The topological polar surface area (TPSA) is 75.0 Å². The molecular weight excluding hydrogens is 402 g/mol. The molecule has 2 aromatic carbocycles. The fraction of sp³-hybridized carbons (Fsp3) is 0.200. The summed E-state index contributed by atoms with van der Waals surface area (Å²) < 4.78 is 13.8. The quantitative estimate of drug-likeness (QED) is 0.355. The Kier molecular flexibility index (Phi) is 5.37. The van der Waals surface area contributed by atoms with E-state index in [0.717, 1.165) is 51.9 Å². The molecule has 0 unspecified atom stereocenters. The van der Waals surface area contributed by atoms with Gasteiger partial charge in [0.2, 0.25) is 0 Å². The lowest BCUT2D eigenvalue weighted by Crippen LogP contribution is -2.04. The van der Waals surface area contributed by atoms with E-state index in [4.69, 9.17) is 14.5 Å². The van der Waals surface area contributed by atoms with Crippen LogP contribution in [0.3, 0.4) is 0 Å². The Hall–Kier alpha value is -4.00. The third-order valence-electron chi connectivity index (χ3n) is 5.56. The van der Waals surface area contributed by atoms with E-state index in [1.165, 1.54) is 0 Å². The zero-order valence-electron chi connectivity index (χ0n) is 18.0. The van der Waals surface area contributed by atoms with Gasteiger partial charge in [0.15, 0.2) is 11.5 Å². The lowest BCUT2D eigenvalue weighted by Gasteiger charge is -2.13. The molecular formula is C25H23N5O2. The summed E-state index contributed by atoms with van der Waals surface area (Å²) in [6.45, 7) is 0.549. The fourth-order valence-corrected chi connectivity index (χ4v) is 3.91. The van der Waals surface area contributed by atoms with Crippen molar-refractivity contribution in [2.75, 3.05) is 13.7 Å². The fourth-order valence-electron chi connectivity index (χ4n) is 3.91. The number of nitrogens with zero attached hydrogens (tertiary/aromatic N) is 5. The predicted molar refractivity (Wildman–Crippen MR) is 124 cm³/mol. The van der Waals surface area contributed by atoms with Crippen LogP contribution >= 0.6 is 0 Å². The number of fused-ring (bicyclic) bond motifs is 2. The van der Waals surface area contributed by atoms with Crippen LogP contribution in [0.1, 0.15) is 12.2 Å². The average molecular weight is 425 g/mol. The first-order valence-electron chi connectivity index (χ1n) is 10.5. The molecule has 0 spiro atoms. The van der Waals surface area contributed by atoms with Gasteiger partial charge in [-0.3, -0.25) is 4.98 Å². The van der Waals surface area contributed by atoms with Gasteiger partial charge in [0.1, 0.15) is 12.2 Å². The highest BCUT2D eigenvalue weighted by Crippen LogP contribution is 2.35. The molecule has 0 bridgehead atoms. The molecule has 5 aromatic rings. The van der Waals surface area contributed by atoms with Gasteiger partial charge in [-0.1, -0.05) is 12.1 Å².